The fourth-order valence-corrected chi connectivity index (χ4v) is 4.69. The van der Waals surface area contributed by atoms with Crippen molar-refractivity contribution in [2.75, 3.05) is 6.61 Å². The lowest BCUT2D eigenvalue weighted by atomic mass is 9.75. The zero-order chi connectivity index (χ0) is 25.0. The Bertz CT molecular complexity index is 1630. The number of hydrogen-bond acceptors (Lipinski definition) is 3. The molecule has 3 heterocycles. The number of hydrogen-bond donors (Lipinski definition) is 2. The van der Waals surface area contributed by atoms with Gasteiger partial charge in [0.05, 0.1) is 17.7 Å². The monoisotopic (exact) mass is 493 g/mol. The molecular formula is C27H19F4N3O2. The Kier molecular flexibility index (Phi) is 5.03. The van der Waals surface area contributed by atoms with Gasteiger partial charge in [0.15, 0.2) is 11.6 Å². The molecule has 0 bridgehead atoms. The number of aromatic amines is 2. The lowest BCUT2D eigenvalue weighted by Crippen LogP contribution is -2.31. The summed E-state index contributed by atoms with van der Waals surface area (Å²) in [6, 6.07) is 12.5. The van der Waals surface area contributed by atoms with Gasteiger partial charge in [-0.15, -0.1) is 0 Å². The minimum atomic E-state index is -1.49. The number of rotatable bonds is 4. The molecule has 5 aromatic rings. The van der Waals surface area contributed by atoms with Crippen LogP contribution in [0.5, 0.6) is 17.2 Å². The zero-order valence-corrected chi connectivity index (χ0v) is 19.0. The molecular weight excluding hydrogens is 474 g/mol. The van der Waals surface area contributed by atoms with Gasteiger partial charge in [0, 0.05) is 34.5 Å². The number of imidazole rings is 1. The summed E-state index contributed by atoms with van der Waals surface area (Å²) in [6.07, 6.45) is 3.61. The van der Waals surface area contributed by atoms with Crippen LogP contribution in [0.2, 0.25) is 0 Å². The summed E-state index contributed by atoms with van der Waals surface area (Å²) in [7, 11) is 0. The third kappa shape index (κ3) is 3.34. The summed E-state index contributed by atoms with van der Waals surface area (Å²) in [4.78, 5) is 10.0. The minimum Gasteiger partial charge on any atom is -0.493 e. The quantitative estimate of drug-likeness (QED) is 0.209. The van der Waals surface area contributed by atoms with E-state index in [-0.39, 0.29) is 28.0 Å². The molecule has 0 spiro atoms. The normalized spacial score (nSPS) is 17.1. The van der Waals surface area contributed by atoms with Crippen LogP contribution < -0.4 is 9.47 Å². The summed E-state index contributed by atoms with van der Waals surface area (Å²) in [6.45, 7) is 2.57. The molecule has 1 aliphatic heterocycles. The molecule has 1 aliphatic rings. The van der Waals surface area contributed by atoms with E-state index in [0.29, 0.717) is 13.0 Å². The maximum Gasteiger partial charge on any atom is 0.206 e. The van der Waals surface area contributed by atoms with Crippen LogP contribution in [0.1, 0.15) is 24.6 Å². The molecule has 0 amide bonds. The summed E-state index contributed by atoms with van der Waals surface area (Å²) >= 11 is 0. The van der Waals surface area contributed by atoms with Gasteiger partial charge in [0.1, 0.15) is 23.1 Å². The smallest absolute Gasteiger partial charge is 0.206 e. The Morgan fingerprint density at radius 2 is 1.83 bits per heavy atom. The highest BCUT2D eigenvalue weighted by molar-refractivity contribution is 5.82. The summed E-state index contributed by atoms with van der Waals surface area (Å²) in [5, 5.41) is -0.160. The maximum absolute atomic E-state index is 14.9. The molecule has 0 saturated carbocycles. The van der Waals surface area contributed by atoms with Crippen molar-refractivity contribution < 1.29 is 27.0 Å². The van der Waals surface area contributed by atoms with Crippen molar-refractivity contribution in [3.8, 4) is 28.6 Å². The second-order valence-electron chi connectivity index (χ2n) is 8.85. The van der Waals surface area contributed by atoms with E-state index in [1.54, 1.807) is 6.20 Å². The van der Waals surface area contributed by atoms with Crippen molar-refractivity contribution in [1.82, 2.24) is 15.0 Å². The third-order valence-electron chi connectivity index (χ3n) is 6.72. The van der Waals surface area contributed by atoms with Gasteiger partial charge in [0.25, 0.3) is 0 Å². The Labute approximate surface area is 202 Å². The molecule has 1 atom stereocenters. The van der Waals surface area contributed by atoms with Crippen LogP contribution in [-0.2, 0) is 5.41 Å². The molecule has 0 radical (unpaired) electrons. The van der Waals surface area contributed by atoms with Crippen LogP contribution in [0, 0.1) is 23.3 Å². The van der Waals surface area contributed by atoms with Gasteiger partial charge in [-0.2, -0.15) is 4.39 Å². The van der Waals surface area contributed by atoms with Gasteiger partial charge in [-0.05, 0) is 43.7 Å². The van der Waals surface area contributed by atoms with Gasteiger partial charge in [-0.3, -0.25) is 0 Å². The number of para-hydroxylation sites is 1. The number of nitrogens with zero attached hydrogens (tertiary/aromatic N) is 1. The number of fused-ring (bicyclic) bond motifs is 2. The average molecular weight is 493 g/mol. The Morgan fingerprint density at radius 1 is 1.00 bits per heavy atom. The van der Waals surface area contributed by atoms with Crippen LogP contribution in [0.4, 0.5) is 17.6 Å². The fraction of sp³-hybridized carbons (Fsp3) is 0.148. The van der Waals surface area contributed by atoms with Gasteiger partial charge < -0.3 is 19.4 Å². The van der Waals surface area contributed by atoms with E-state index in [4.69, 9.17) is 9.47 Å². The Balaban J connectivity index is 1.37. The van der Waals surface area contributed by atoms with Crippen LogP contribution in [0.3, 0.4) is 0 Å². The lowest BCUT2D eigenvalue weighted by Gasteiger charge is -2.34. The number of H-pyrrole nitrogens is 2. The van der Waals surface area contributed by atoms with E-state index in [2.05, 4.69) is 21.9 Å². The SMILES string of the molecule is C[C@]1(c2cnc(-c3cc(Oc4c(F)c(F)c5[nH]ccc5c4F)ccc3F)[nH]2)CCOc2ccccc21. The van der Waals surface area contributed by atoms with E-state index < -0.39 is 34.4 Å². The predicted molar refractivity (Wildman–Crippen MR) is 125 cm³/mol. The van der Waals surface area contributed by atoms with Gasteiger partial charge in [-0.25, -0.2) is 18.2 Å². The summed E-state index contributed by atoms with van der Waals surface area (Å²) < 4.78 is 69.8. The van der Waals surface area contributed by atoms with E-state index in [1.807, 2.05) is 24.3 Å². The van der Waals surface area contributed by atoms with Crippen molar-refractivity contribution >= 4 is 10.9 Å². The largest absolute Gasteiger partial charge is 0.493 e. The molecule has 2 N–H and O–H groups in total. The number of aromatic nitrogens is 3. The first kappa shape index (κ1) is 22.2. The molecule has 182 valence electrons. The van der Waals surface area contributed by atoms with E-state index in [9.17, 15) is 17.6 Å². The molecule has 6 rings (SSSR count). The first-order chi connectivity index (χ1) is 17.4. The molecule has 2 aromatic heterocycles. The second-order valence-corrected chi connectivity index (χ2v) is 8.85. The van der Waals surface area contributed by atoms with E-state index in [1.165, 1.54) is 24.4 Å². The number of ether oxygens (including phenoxy) is 2. The molecule has 0 aliphatic carbocycles. The molecule has 0 unspecified atom stereocenters. The number of nitrogens with one attached hydrogen (secondary N) is 2. The molecule has 36 heavy (non-hydrogen) atoms. The average Bonchev–Trinajstić information content (AvgIpc) is 3.58. The molecule has 3 aromatic carbocycles. The van der Waals surface area contributed by atoms with Crippen LogP contribution >= 0.6 is 0 Å². The van der Waals surface area contributed by atoms with Crippen LogP contribution in [0.25, 0.3) is 22.3 Å². The molecule has 0 saturated heterocycles. The highest BCUT2D eigenvalue weighted by Crippen LogP contribution is 2.43. The van der Waals surface area contributed by atoms with Gasteiger partial charge >= 0.3 is 0 Å². The standard InChI is InChI=1S/C27H19F4N3O2/c1-27(9-11-35-19-5-3-2-4-17(19)27)20-13-33-26(34-20)16-12-14(6-7-18(16)28)36-25-21(29)15-8-10-32-24(15)22(30)23(25)31/h2-8,10,12-13,32H,9,11H2,1H3,(H,33,34)/t27-/m0/s1. The highest BCUT2D eigenvalue weighted by Gasteiger charge is 2.36. The molecule has 0 fully saturated rings. The maximum atomic E-state index is 14.9. The topological polar surface area (TPSA) is 62.9 Å². The predicted octanol–water partition coefficient (Wildman–Crippen LogP) is 7.00. The Hall–Kier alpha value is -4.27. The van der Waals surface area contributed by atoms with Gasteiger partial charge in [0.2, 0.25) is 11.6 Å². The van der Waals surface area contributed by atoms with E-state index >= 15 is 0 Å². The molecule has 5 nitrogen and oxygen atoms in total. The second kappa shape index (κ2) is 8.15. The Morgan fingerprint density at radius 3 is 2.69 bits per heavy atom. The van der Waals surface area contributed by atoms with Crippen molar-refractivity contribution in [3.05, 3.63) is 95.5 Å². The first-order valence-corrected chi connectivity index (χ1v) is 11.3. The highest BCUT2D eigenvalue weighted by atomic mass is 19.2. The third-order valence-corrected chi connectivity index (χ3v) is 6.72. The van der Waals surface area contributed by atoms with Crippen molar-refractivity contribution in [2.45, 2.75) is 18.8 Å². The first-order valence-electron chi connectivity index (χ1n) is 11.3. The number of halogens is 4. The van der Waals surface area contributed by atoms with Gasteiger partial charge in [-0.1, -0.05) is 18.2 Å². The zero-order valence-electron chi connectivity index (χ0n) is 19.0. The summed E-state index contributed by atoms with van der Waals surface area (Å²) in [5.74, 6) is -4.45. The fourth-order valence-electron chi connectivity index (χ4n) is 4.69. The van der Waals surface area contributed by atoms with Crippen LogP contribution in [0.15, 0.2) is 60.9 Å². The van der Waals surface area contributed by atoms with Crippen molar-refractivity contribution in [1.29, 1.82) is 0 Å². The van der Waals surface area contributed by atoms with Crippen molar-refractivity contribution in [2.24, 2.45) is 0 Å². The van der Waals surface area contributed by atoms with Crippen LogP contribution in [-0.4, -0.2) is 21.6 Å². The van der Waals surface area contributed by atoms with Crippen molar-refractivity contribution in [3.63, 3.8) is 0 Å². The van der Waals surface area contributed by atoms with E-state index in [0.717, 1.165) is 23.1 Å². The lowest BCUT2D eigenvalue weighted by molar-refractivity contribution is 0.241. The molecule has 9 heteroatoms. The number of benzene rings is 3. The summed E-state index contributed by atoms with van der Waals surface area (Å²) in [5.41, 5.74) is 1.03. The minimum absolute atomic E-state index is 0.0340.